The third-order valence-electron chi connectivity index (χ3n) is 6.50. The van der Waals surface area contributed by atoms with Crippen LogP contribution in [0.1, 0.15) is 57.8 Å². The van der Waals surface area contributed by atoms with Crippen molar-refractivity contribution in [2.75, 3.05) is 32.8 Å². The Labute approximate surface area is 176 Å². The summed E-state index contributed by atoms with van der Waals surface area (Å²) in [6, 6.07) is -0.246. The lowest BCUT2D eigenvalue weighted by atomic mass is 9.89. The molecular weight excluding hydrogens is 401 g/mol. The van der Waals surface area contributed by atoms with Crippen molar-refractivity contribution >= 4 is 5.91 Å². The van der Waals surface area contributed by atoms with E-state index in [2.05, 4.69) is 5.32 Å². The molecule has 2 saturated heterocycles. The Balaban J connectivity index is 1.49. The van der Waals surface area contributed by atoms with Crippen molar-refractivity contribution in [3.05, 3.63) is 0 Å². The van der Waals surface area contributed by atoms with Crippen LogP contribution in [0.25, 0.3) is 0 Å². The first-order valence-corrected chi connectivity index (χ1v) is 11.3. The summed E-state index contributed by atoms with van der Waals surface area (Å²) < 4.78 is 49.8. The standard InChI is InChI=1S/C21H35F3N2O4/c22-21(23,24)8-9-26-12-16(27)13-29-14-19-18(26)7-6-17(30-19)10-20(28)25-11-15-4-2-1-3-5-15/h15-19,27H,1-14H2,(H,25,28)/t16-,17+,18+,19-/m0/s1. The van der Waals surface area contributed by atoms with Gasteiger partial charge in [0, 0.05) is 25.7 Å². The molecule has 174 valence electrons. The van der Waals surface area contributed by atoms with Gasteiger partial charge in [0.15, 0.2) is 0 Å². The molecular formula is C21H35F3N2O4. The molecule has 1 amide bonds. The van der Waals surface area contributed by atoms with Crippen LogP contribution in [0.5, 0.6) is 0 Å². The van der Waals surface area contributed by atoms with E-state index in [-0.39, 0.29) is 50.8 Å². The molecule has 6 nitrogen and oxygen atoms in total. The number of nitrogens with zero attached hydrogens (tertiary/aromatic N) is 1. The lowest BCUT2D eigenvalue weighted by molar-refractivity contribution is -0.169. The molecule has 3 rings (SSSR count). The molecule has 0 aromatic rings. The van der Waals surface area contributed by atoms with Crippen LogP contribution in [-0.4, -0.2) is 79.3 Å². The smallest absolute Gasteiger partial charge is 0.389 e. The average Bonchev–Trinajstić information content (AvgIpc) is 2.69. The van der Waals surface area contributed by atoms with Gasteiger partial charge in [0.1, 0.15) is 0 Å². The van der Waals surface area contributed by atoms with E-state index in [9.17, 15) is 23.1 Å². The van der Waals surface area contributed by atoms with Crippen LogP contribution < -0.4 is 5.32 Å². The van der Waals surface area contributed by atoms with Crippen molar-refractivity contribution < 1.29 is 32.5 Å². The van der Waals surface area contributed by atoms with Crippen LogP contribution in [0.4, 0.5) is 13.2 Å². The molecule has 2 heterocycles. The number of hydrogen-bond donors (Lipinski definition) is 2. The maximum atomic E-state index is 12.7. The molecule has 0 spiro atoms. The summed E-state index contributed by atoms with van der Waals surface area (Å²) in [6.45, 7) is 0.959. The maximum absolute atomic E-state index is 12.7. The zero-order valence-electron chi connectivity index (χ0n) is 17.5. The van der Waals surface area contributed by atoms with Gasteiger partial charge in [0.25, 0.3) is 0 Å². The molecule has 0 radical (unpaired) electrons. The van der Waals surface area contributed by atoms with Gasteiger partial charge in [0.05, 0.1) is 44.4 Å². The number of nitrogens with one attached hydrogen (secondary N) is 1. The number of rotatable bonds is 6. The Morgan fingerprint density at radius 3 is 2.60 bits per heavy atom. The predicted molar refractivity (Wildman–Crippen MR) is 105 cm³/mol. The summed E-state index contributed by atoms with van der Waals surface area (Å²) in [5.74, 6) is 0.534. The fraction of sp³-hybridized carbons (Fsp3) is 0.952. The highest BCUT2D eigenvalue weighted by Gasteiger charge is 2.39. The van der Waals surface area contributed by atoms with Crippen molar-refractivity contribution in [3.8, 4) is 0 Å². The second-order valence-corrected chi connectivity index (χ2v) is 9.00. The minimum atomic E-state index is -4.24. The lowest BCUT2D eigenvalue weighted by Crippen LogP contribution is -2.56. The van der Waals surface area contributed by atoms with Crippen LogP contribution in [0.15, 0.2) is 0 Å². The summed E-state index contributed by atoms with van der Waals surface area (Å²) in [7, 11) is 0. The van der Waals surface area contributed by atoms with Crippen molar-refractivity contribution in [3.63, 3.8) is 0 Å². The number of ether oxygens (including phenoxy) is 2. The fourth-order valence-corrected chi connectivity index (χ4v) is 4.90. The largest absolute Gasteiger partial charge is 0.390 e. The van der Waals surface area contributed by atoms with Crippen molar-refractivity contribution in [1.82, 2.24) is 10.2 Å². The summed E-state index contributed by atoms with van der Waals surface area (Å²) in [5, 5.41) is 13.0. The summed E-state index contributed by atoms with van der Waals surface area (Å²) in [5.41, 5.74) is 0. The van der Waals surface area contributed by atoms with Gasteiger partial charge in [-0.05, 0) is 31.6 Å². The number of aliphatic hydroxyl groups excluding tert-OH is 1. The van der Waals surface area contributed by atoms with Gasteiger partial charge in [-0.25, -0.2) is 0 Å². The first-order valence-electron chi connectivity index (χ1n) is 11.3. The molecule has 30 heavy (non-hydrogen) atoms. The Morgan fingerprint density at radius 2 is 1.87 bits per heavy atom. The van der Waals surface area contributed by atoms with Crippen LogP contribution in [0.2, 0.25) is 0 Å². The van der Waals surface area contributed by atoms with Gasteiger partial charge in [-0.3, -0.25) is 9.69 Å². The molecule has 0 unspecified atom stereocenters. The summed E-state index contributed by atoms with van der Waals surface area (Å²) in [4.78, 5) is 14.1. The molecule has 2 aliphatic heterocycles. The number of carbonyl (C=O) groups is 1. The summed E-state index contributed by atoms with van der Waals surface area (Å²) in [6.07, 6.45) is 0.947. The van der Waals surface area contributed by atoms with Gasteiger partial charge < -0.3 is 19.9 Å². The van der Waals surface area contributed by atoms with E-state index in [1.807, 2.05) is 0 Å². The molecule has 3 aliphatic rings. The zero-order chi connectivity index (χ0) is 21.6. The quantitative estimate of drug-likeness (QED) is 0.670. The minimum Gasteiger partial charge on any atom is -0.389 e. The van der Waals surface area contributed by atoms with E-state index < -0.39 is 24.8 Å². The Hall–Kier alpha value is -0.900. The van der Waals surface area contributed by atoms with E-state index in [1.54, 1.807) is 4.90 Å². The highest BCUT2D eigenvalue weighted by Crippen LogP contribution is 2.29. The molecule has 2 N–H and O–H groups in total. The number of fused-ring (bicyclic) bond motifs is 1. The molecule has 1 saturated carbocycles. The van der Waals surface area contributed by atoms with Gasteiger partial charge in [-0.2, -0.15) is 13.2 Å². The molecule has 0 aromatic heterocycles. The van der Waals surface area contributed by atoms with E-state index in [4.69, 9.17) is 9.47 Å². The fourth-order valence-electron chi connectivity index (χ4n) is 4.90. The van der Waals surface area contributed by atoms with Gasteiger partial charge in [-0.15, -0.1) is 0 Å². The van der Waals surface area contributed by atoms with Crippen molar-refractivity contribution in [1.29, 1.82) is 0 Å². The number of hydrogen-bond acceptors (Lipinski definition) is 5. The molecule has 1 aliphatic carbocycles. The van der Waals surface area contributed by atoms with Crippen LogP contribution in [0, 0.1) is 5.92 Å². The van der Waals surface area contributed by atoms with E-state index in [1.165, 1.54) is 32.1 Å². The second-order valence-electron chi connectivity index (χ2n) is 9.00. The number of aliphatic hydroxyl groups is 1. The molecule has 0 aromatic carbocycles. The first-order chi connectivity index (χ1) is 14.3. The monoisotopic (exact) mass is 436 g/mol. The van der Waals surface area contributed by atoms with E-state index in [0.717, 1.165) is 0 Å². The van der Waals surface area contributed by atoms with Gasteiger partial charge in [0.2, 0.25) is 5.91 Å². The minimum absolute atomic E-state index is 0.0277. The van der Waals surface area contributed by atoms with Crippen molar-refractivity contribution in [2.24, 2.45) is 5.92 Å². The lowest BCUT2D eigenvalue weighted by Gasteiger charge is -2.44. The normalized spacial score (nSPS) is 32.1. The average molecular weight is 437 g/mol. The number of alkyl halides is 3. The summed E-state index contributed by atoms with van der Waals surface area (Å²) >= 11 is 0. The second kappa shape index (κ2) is 11.1. The van der Waals surface area contributed by atoms with E-state index in [0.29, 0.717) is 25.3 Å². The number of halogens is 3. The number of β-amino-alcohol motifs (C(OH)–C–C–N with tert-alkyl or cyclic N) is 1. The number of carbonyl (C=O) groups excluding carboxylic acids is 1. The number of amides is 1. The highest BCUT2D eigenvalue weighted by atomic mass is 19.4. The molecule has 4 atom stereocenters. The Bertz CT molecular complexity index is 543. The van der Waals surface area contributed by atoms with Gasteiger partial charge >= 0.3 is 6.18 Å². The predicted octanol–water partition coefficient (Wildman–Crippen LogP) is 2.63. The topological polar surface area (TPSA) is 71.0 Å². The van der Waals surface area contributed by atoms with Crippen LogP contribution in [-0.2, 0) is 14.3 Å². The Morgan fingerprint density at radius 1 is 1.10 bits per heavy atom. The van der Waals surface area contributed by atoms with Gasteiger partial charge in [-0.1, -0.05) is 19.3 Å². The SMILES string of the molecule is O=C(C[C@H]1CC[C@@H]2[C@H](COC[C@@H](O)CN2CCC(F)(F)F)O1)NCC1CCCCC1. The van der Waals surface area contributed by atoms with Crippen LogP contribution >= 0.6 is 0 Å². The molecule has 3 fully saturated rings. The molecule has 0 bridgehead atoms. The van der Waals surface area contributed by atoms with E-state index >= 15 is 0 Å². The molecule has 9 heteroatoms. The Kier molecular flexibility index (Phi) is 8.80. The van der Waals surface area contributed by atoms with Crippen LogP contribution in [0.3, 0.4) is 0 Å². The highest BCUT2D eigenvalue weighted by molar-refractivity contribution is 5.76. The third-order valence-corrected chi connectivity index (χ3v) is 6.50. The first kappa shape index (κ1) is 23.8. The zero-order valence-corrected chi connectivity index (χ0v) is 17.5. The van der Waals surface area contributed by atoms with Crippen molar-refractivity contribution in [2.45, 2.75) is 88.3 Å². The maximum Gasteiger partial charge on any atom is 0.390 e. The third kappa shape index (κ3) is 7.66.